The van der Waals surface area contributed by atoms with E-state index in [9.17, 15) is 0 Å². The number of halogens is 1. The van der Waals surface area contributed by atoms with Gasteiger partial charge >= 0.3 is 0 Å². The van der Waals surface area contributed by atoms with E-state index in [0.717, 1.165) is 18.5 Å². The Hall–Kier alpha value is -1.58. The summed E-state index contributed by atoms with van der Waals surface area (Å²) in [5.41, 5.74) is 1.15. The molecule has 0 amide bonds. The van der Waals surface area contributed by atoms with Crippen LogP contribution < -0.4 is 10.1 Å². The van der Waals surface area contributed by atoms with Crippen molar-refractivity contribution in [1.82, 2.24) is 10.3 Å². The van der Waals surface area contributed by atoms with Crippen LogP contribution in [0.1, 0.15) is 31.9 Å². The summed E-state index contributed by atoms with van der Waals surface area (Å²) in [4.78, 5) is 4.23. The fraction of sp³-hybridized carbons (Fsp3) is 0.312. The van der Waals surface area contributed by atoms with E-state index in [-0.39, 0.29) is 6.04 Å². The third-order valence-corrected chi connectivity index (χ3v) is 3.32. The molecule has 0 aliphatic heterocycles. The maximum Gasteiger partial charge on any atom is 0.219 e. The van der Waals surface area contributed by atoms with Gasteiger partial charge in [-0.1, -0.05) is 30.7 Å². The largest absolute Gasteiger partial charge is 0.437 e. The second kappa shape index (κ2) is 7.27. The number of hydrogen-bond acceptors (Lipinski definition) is 3. The third kappa shape index (κ3) is 3.95. The van der Waals surface area contributed by atoms with E-state index < -0.39 is 0 Å². The highest BCUT2D eigenvalue weighted by Crippen LogP contribution is 2.28. The molecule has 0 saturated heterocycles. The Morgan fingerprint density at radius 2 is 2.10 bits per heavy atom. The zero-order valence-corrected chi connectivity index (χ0v) is 12.5. The summed E-state index contributed by atoms with van der Waals surface area (Å²) in [5, 5.41) is 4.02. The zero-order chi connectivity index (χ0) is 14.4. The Morgan fingerprint density at radius 3 is 2.85 bits per heavy atom. The molecule has 0 spiro atoms. The van der Waals surface area contributed by atoms with Crippen molar-refractivity contribution in [3.63, 3.8) is 0 Å². The maximum atomic E-state index is 6.08. The molecule has 1 heterocycles. The van der Waals surface area contributed by atoms with Gasteiger partial charge in [0.2, 0.25) is 5.88 Å². The van der Waals surface area contributed by atoms with Gasteiger partial charge in [-0.15, -0.1) is 0 Å². The van der Waals surface area contributed by atoms with E-state index in [1.165, 1.54) is 0 Å². The van der Waals surface area contributed by atoms with Gasteiger partial charge in [0.05, 0.1) is 5.02 Å². The molecule has 0 saturated carbocycles. The van der Waals surface area contributed by atoms with E-state index in [2.05, 4.69) is 24.1 Å². The Kier molecular flexibility index (Phi) is 5.39. The molecule has 0 aliphatic rings. The number of benzene rings is 1. The van der Waals surface area contributed by atoms with Crippen LogP contribution >= 0.6 is 11.6 Å². The molecule has 0 aliphatic carbocycles. The highest BCUT2D eigenvalue weighted by molar-refractivity contribution is 6.32. The quantitative estimate of drug-likeness (QED) is 0.845. The minimum atomic E-state index is 0.270. The molecule has 1 aromatic heterocycles. The molecule has 3 nitrogen and oxygen atoms in total. The van der Waals surface area contributed by atoms with E-state index in [1.807, 2.05) is 30.3 Å². The van der Waals surface area contributed by atoms with Crippen LogP contribution in [0.15, 0.2) is 42.6 Å². The van der Waals surface area contributed by atoms with Gasteiger partial charge in [-0.3, -0.25) is 0 Å². The van der Waals surface area contributed by atoms with Crippen molar-refractivity contribution in [3.05, 3.63) is 53.2 Å². The Balaban J connectivity index is 2.12. The zero-order valence-electron chi connectivity index (χ0n) is 11.8. The number of nitrogens with zero attached hydrogens (tertiary/aromatic N) is 1. The van der Waals surface area contributed by atoms with E-state index in [0.29, 0.717) is 16.7 Å². The molecule has 2 rings (SSSR count). The predicted molar refractivity (Wildman–Crippen MR) is 82.5 cm³/mol. The van der Waals surface area contributed by atoms with Crippen molar-refractivity contribution in [2.75, 3.05) is 6.54 Å². The summed E-state index contributed by atoms with van der Waals surface area (Å²) in [7, 11) is 0. The maximum absolute atomic E-state index is 6.08. The van der Waals surface area contributed by atoms with Gasteiger partial charge in [-0.05, 0) is 43.7 Å². The number of nitrogens with one attached hydrogen (secondary N) is 1. The molecule has 2 aromatic rings. The van der Waals surface area contributed by atoms with Crippen LogP contribution in [0.4, 0.5) is 0 Å². The molecule has 106 valence electrons. The number of para-hydroxylation sites is 1. The van der Waals surface area contributed by atoms with Crippen molar-refractivity contribution >= 4 is 11.6 Å². The number of aromatic nitrogens is 1. The normalized spacial score (nSPS) is 12.2. The van der Waals surface area contributed by atoms with Gasteiger partial charge in [0, 0.05) is 18.3 Å². The lowest BCUT2D eigenvalue weighted by Crippen LogP contribution is -2.19. The molecule has 0 bridgehead atoms. The molecule has 0 radical (unpaired) electrons. The number of pyridine rings is 1. The van der Waals surface area contributed by atoms with Gasteiger partial charge in [0.25, 0.3) is 0 Å². The number of rotatable bonds is 6. The average Bonchev–Trinajstić information content (AvgIpc) is 2.47. The topological polar surface area (TPSA) is 34.2 Å². The van der Waals surface area contributed by atoms with Crippen LogP contribution in [0.3, 0.4) is 0 Å². The van der Waals surface area contributed by atoms with Gasteiger partial charge in [0.1, 0.15) is 5.75 Å². The monoisotopic (exact) mass is 290 g/mol. The first kappa shape index (κ1) is 14.8. The molecule has 1 atom stereocenters. The summed E-state index contributed by atoms with van der Waals surface area (Å²) < 4.78 is 5.73. The van der Waals surface area contributed by atoms with E-state index >= 15 is 0 Å². The first-order valence-corrected chi connectivity index (χ1v) is 7.20. The fourth-order valence-electron chi connectivity index (χ4n) is 1.87. The summed E-state index contributed by atoms with van der Waals surface area (Å²) in [5.74, 6) is 1.17. The van der Waals surface area contributed by atoms with Crippen LogP contribution in [-0.2, 0) is 0 Å². The van der Waals surface area contributed by atoms with Gasteiger partial charge in [-0.2, -0.15) is 0 Å². The lowest BCUT2D eigenvalue weighted by molar-refractivity contribution is 0.460. The Bertz CT molecular complexity index is 560. The molecule has 1 unspecified atom stereocenters. The van der Waals surface area contributed by atoms with Gasteiger partial charge in [-0.25, -0.2) is 4.98 Å². The van der Waals surface area contributed by atoms with Crippen molar-refractivity contribution in [2.45, 2.75) is 26.3 Å². The van der Waals surface area contributed by atoms with Crippen LogP contribution in [-0.4, -0.2) is 11.5 Å². The van der Waals surface area contributed by atoms with Crippen LogP contribution in [0.2, 0.25) is 5.02 Å². The summed E-state index contributed by atoms with van der Waals surface area (Å²) >= 11 is 6.08. The van der Waals surface area contributed by atoms with E-state index in [1.54, 1.807) is 12.3 Å². The SMILES string of the molecule is CCCNC(C)c1ccnc(Oc2ccccc2Cl)c1. The predicted octanol–water partition coefficient (Wildman–Crippen LogP) is 4.59. The van der Waals surface area contributed by atoms with Crippen molar-refractivity contribution < 1.29 is 4.74 Å². The van der Waals surface area contributed by atoms with Crippen LogP contribution in [0.25, 0.3) is 0 Å². The lowest BCUT2D eigenvalue weighted by atomic mass is 10.1. The molecule has 1 N–H and O–H groups in total. The van der Waals surface area contributed by atoms with Gasteiger partial charge in [0.15, 0.2) is 0 Å². The first-order valence-electron chi connectivity index (χ1n) is 6.82. The standard InChI is InChI=1S/C16H19ClN2O/c1-3-9-18-12(2)13-8-10-19-16(11-13)20-15-7-5-4-6-14(15)17/h4-8,10-12,18H,3,9H2,1-2H3. The van der Waals surface area contributed by atoms with Gasteiger partial charge < -0.3 is 10.1 Å². The lowest BCUT2D eigenvalue weighted by Gasteiger charge is -2.14. The second-order valence-electron chi connectivity index (χ2n) is 4.64. The van der Waals surface area contributed by atoms with E-state index in [4.69, 9.17) is 16.3 Å². The summed E-state index contributed by atoms with van der Waals surface area (Å²) in [6.07, 6.45) is 2.87. The Morgan fingerprint density at radius 1 is 1.30 bits per heavy atom. The van der Waals surface area contributed by atoms with Crippen LogP contribution in [0, 0.1) is 0 Å². The molecule has 0 fully saturated rings. The molecule has 1 aromatic carbocycles. The first-order chi connectivity index (χ1) is 9.70. The molecular weight excluding hydrogens is 272 g/mol. The highest BCUT2D eigenvalue weighted by atomic mass is 35.5. The second-order valence-corrected chi connectivity index (χ2v) is 5.04. The summed E-state index contributed by atoms with van der Waals surface area (Å²) in [6.45, 7) is 5.27. The highest BCUT2D eigenvalue weighted by Gasteiger charge is 2.08. The third-order valence-electron chi connectivity index (χ3n) is 3.01. The van der Waals surface area contributed by atoms with Crippen molar-refractivity contribution in [2.24, 2.45) is 0 Å². The minimum absolute atomic E-state index is 0.270. The molecule has 4 heteroatoms. The molecular formula is C16H19ClN2O. The number of hydrogen-bond donors (Lipinski definition) is 1. The number of ether oxygens (including phenoxy) is 1. The fourth-order valence-corrected chi connectivity index (χ4v) is 2.04. The summed E-state index contributed by atoms with van der Waals surface area (Å²) in [6, 6.07) is 11.6. The smallest absolute Gasteiger partial charge is 0.219 e. The van der Waals surface area contributed by atoms with Crippen molar-refractivity contribution in [3.8, 4) is 11.6 Å². The average molecular weight is 291 g/mol. The Labute approximate surface area is 124 Å². The minimum Gasteiger partial charge on any atom is -0.437 e. The molecule has 20 heavy (non-hydrogen) atoms. The van der Waals surface area contributed by atoms with Crippen molar-refractivity contribution in [1.29, 1.82) is 0 Å². The van der Waals surface area contributed by atoms with Crippen LogP contribution in [0.5, 0.6) is 11.6 Å².